The maximum absolute atomic E-state index is 12.6. The van der Waals surface area contributed by atoms with E-state index in [1.165, 1.54) is 12.1 Å². The van der Waals surface area contributed by atoms with E-state index in [0.29, 0.717) is 36.8 Å². The van der Waals surface area contributed by atoms with Crippen LogP contribution in [0.1, 0.15) is 23.2 Å². The minimum Gasteiger partial charge on any atom is -0.376 e. The summed E-state index contributed by atoms with van der Waals surface area (Å²) in [6.45, 7) is 1.01. The molecule has 0 aliphatic carbocycles. The summed E-state index contributed by atoms with van der Waals surface area (Å²) in [6.07, 6.45) is -1.81. The van der Waals surface area contributed by atoms with Gasteiger partial charge in [-0.05, 0) is 0 Å². The molecule has 21 heavy (non-hydrogen) atoms. The number of hydrazine groups is 1. The Labute approximate surface area is 120 Å². The van der Waals surface area contributed by atoms with Crippen molar-refractivity contribution in [2.24, 2.45) is 5.84 Å². The summed E-state index contributed by atoms with van der Waals surface area (Å²) in [4.78, 5) is 8.83. The van der Waals surface area contributed by atoms with Gasteiger partial charge in [-0.3, -0.25) is 0 Å². The third kappa shape index (κ3) is 2.70. The molecule has 0 bridgehead atoms. The number of aromatic nitrogens is 2. The summed E-state index contributed by atoms with van der Waals surface area (Å²) in [6, 6.07) is 5.93. The summed E-state index contributed by atoms with van der Waals surface area (Å²) in [7, 11) is 0. The Kier molecular flexibility index (Phi) is 3.76. The van der Waals surface area contributed by atoms with Crippen molar-refractivity contribution in [3.63, 3.8) is 0 Å². The second-order valence-electron chi connectivity index (χ2n) is 4.69. The van der Waals surface area contributed by atoms with Crippen LogP contribution < -0.4 is 11.3 Å². The standard InChI is InChI=1S/C14H14F2N4O/c15-12(16)8-1-3-9(4-2-8)13-18-11-5-6-21-7-10(11)14(19-13)20-17/h1-4,12H,5-7,17H2,(H,18,19,20). The van der Waals surface area contributed by atoms with E-state index in [4.69, 9.17) is 10.6 Å². The monoisotopic (exact) mass is 292 g/mol. The predicted octanol–water partition coefficient (Wildman–Crippen LogP) is 2.44. The summed E-state index contributed by atoms with van der Waals surface area (Å²) in [5, 5.41) is 0. The maximum Gasteiger partial charge on any atom is 0.263 e. The van der Waals surface area contributed by atoms with E-state index in [1.54, 1.807) is 12.1 Å². The molecule has 0 amide bonds. The van der Waals surface area contributed by atoms with Gasteiger partial charge in [0.15, 0.2) is 5.82 Å². The Morgan fingerprint density at radius 3 is 2.62 bits per heavy atom. The molecule has 5 nitrogen and oxygen atoms in total. The van der Waals surface area contributed by atoms with Crippen LogP contribution in [0.2, 0.25) is 0 Å². The van der Waals surface area contributed by atoms with Gasteiger partial charge in [0, 0.05) is 23.1 Å². The number of rotatable bonds is 3. The fraction of sp³-hybridized carbons (Fsp3) is 0.286. The summed E-state index contributed by atoms with van der Waals surface area (Å²) < 4.78 is 30.5. The number of ether oxygens (including phenoxy) is 1. The minimum atomic E-state index is -2.48. The van der Waals surface area contributed by atoms with E-state index in [1.807, 2.05) is 0 Å². The molecule has 0 spiro atoms. The highest BCUT2D eigenvalue weighted by atomic mass is 19.3. The van der Waals surface area contributed by atoms with Crippen LogP contribution in [-0.4, -0.2) is 16.6 Å². The first-order chi connectivity index (χ1) is 10.2. The maximum atomic E-state index is 12.6. The molecule has 1 aliphatic rings. The molecule has 1 aromatic heterocycles. The highest BCUT2D eigenvalue weighted by Gasteiger charge is 2.18. The zero-order valence-electron chi connectivity index (χ0n) is 11.1. The van der Waals surface area contributed by atoms with E-state index < -0.39 is 6.43 Å². The Morgan fingerprint density at radius 2 is 1.95 bits per heavy atom. The highest BCUT2D eigenvalue weighted by molar-refractivity contribution is 5.60. The molecule has 2 heterocycles. The van der Waals surface area contributed by atoms with Crippen molar-refractivity contribution in [1.29, 1.82) is 0 Å². The first-order valence-corrected chi connectivity index (χ1v) is 6.51. The van der Waals surface area contributed by atoms with Gasteiger partial charge in [-0.15, -0.1) is 0 Å². The lowest BCUT2D eigenvalue weighted by atomic mass is 10.1. The quantitative estimate of drug-likeness (QED) is 0.671. The third-order valence-electron chi connectivity index (χ3n) is 3.38. The third-order valence-corrected chi connectivity index (χ3v) is 3.38. The van der Waals surface area contributed by atoms with Crippen molar-refractivity contribution in [2.45, 2.75) is 19.5 Å². The zero-order valence-corrected chi connectivity index (χ0v) is 11.1. The molecule has 0 radical (unpaired) electrons. The zero-order chi connectivity index (χ0) is 14.8. The van der Waals surface area contributed by atoms with Gasteiger partial charge in [0.2, 0.25) is 0 Å². The molecule has 0 saturated heterocycles. The number of nitrogens with one attached hydrogen (secondary N) is 1. The van der Waals surface area contributed by atoms with E-state index in [9.17, 15) is 8.78 Å². The summed E-state index contributed by atoms with van der Waals surface area (Å²) in [5.74, 6) is 6.46. The molecule has 3 rings (SSSR count). The van der Waals surface area contributed by atoms with Crippen molar-refractivity contribution in [3.8, 4) is 11.4 Å². The van der Waals surface area contributed by atoms with Crippen molar-refractivity contribution in [1.82, 2.24) is 9.97 Å². The van der Waals surface area contributed by atoms with Gasteiger partial charge >= 0.3 is 0 Å². The topological polar surface area (TPSA) is 73.1 Å². The van der Waals surface area contributed by atoms with Crippen molar-refractivity contribution < 1.29 is 13.5 Å². The first kappa shape index (κ1) is 13.8. The second kappa shape index (κ2) is 5.71. The number of nitrogens with zero attached hydrogens (tertiary/aromatic N) is 2. The molecular weight excluding hydrogens is 278 g/mol. The van der Waals surface area contributed by atoms with E-state index in [-0.39, 0.29) is 5.56 Å². The SMILES string of the molecule is NNc1nc(-c2ccc(C(F)F)cc2)nc2c1COCC2. The smallest absolute Gasteiger partial charge is 0.263 e. The van der Waals surface area contributed by atoms with Crippen LogP contribution in [0.3, 0.4) is 0 Å². The van der Waals surface area contributed by atoms with Crippen LogP contribution in [0.25, 0.3) is 11.4 Å². The van der Waals surface area contributed by atoms with Crippen LogP contribution in [0.5, 0.6) is 0 Å². The fourth-order valence-corrected chi connectivity index (χ4v) is 2.26. The highest BCUT2D eigenvalue weighted by Crippen LogP contribution is 2.27. The molecule has 0 unspecified atom stereocenters. The Balaban J connectivity index is 2.02. The minimum absolute atomic E-state index is 0.0257. The van der Waals surface area contributed by atoms with Crippen LogP contribution in [0.4, 0.5) is 14.6 Å². The molecule has 0 atom stereocenters. The molecule has 7 heteroatoms. The van der Waals surface area contributed by atoms with Crippen LogP contribution in [0, 0.1) is 0 Å². The lowest BCUT2D eigenvalue weighted by molar-refractivity contribution is 0.109. The van der Waals surface area contributed by atoms with Crippen LogP contribution >= 0.6 is 0 Å². The number of anilines is 1. The number of nitrogen functional groups attached to an aromatic ring is 1. The first-order valence-electron chi connectivity index (χ1n) is 6.51. The molecule has 2 aromatic rings. The Hall–Kier alpha value is -2.12. The van der Waals surface area contributed by atoms with Gasteiger partial charge < -0.3 is 10.2 Å². The number of hydrogen-bond acceptors (Lipinski definition) is 5. The fourth-order valence-electron chi connectivity index (χ4n) is 2.26. The Bertz CT molecular complexity index is 629. The average Bonchev–Trinajstić information content (AvgIpc) is 2.53. The van der Waals surface area contributed by atoms with Crippen LogP contribution in [-0.2, 0) is 17.8 Å². The van der Waals surface area contributed by atoms with E-state index >= 15 is 0 Å². The van der Waals surface area contributed by atoms with Crippen molar-refractivity contribution in [2.75, 3.05) is 12.0 Å². The predicted molar refractivity (Wildman–Crippen MR) is 73.6 cm³/mol. The second-order valence-corrected chi connectivity index (χ2v) is 4.69. The molecule has 1 aromatic carbocycles. The van der Waals surface area contributed by atoms with Crippen molar-refractivity contribution >= 4 is 5.82 Å². The molecule has 110 valence electrons. The summed E-state index contributed by atoms with van der Waals surface area (Å²) >= 11 is 0. The number of hydrogen-bond donors (Lipinski definition) is 2. The largest absolute Gasteiger partial charge is 0.376 e. The number of benzene rings is 1. The number of nitrogens with two attached hydrogens (primary N) is 1. The average molecular weight is 292 g/mol. The number of halogens is 2. The van der Waals surface area contributed by atoms with E-state index in [2.05, 4.69) is 15.4 Å². The van der Waals surface area contributed by atoms with Gasteiger partial charge in [0.1, 0.15) is 5.82 Å². The number of fused-ring (bicyclic) bond motifs is 1. The molecular formula is C14H14F2N4O. The van der Waals surface area contributed by atoms with Gasteiger partial charge in [0.05, 0.1) is 18.9 Å². The molecule has 0 saturated carbocycles. The molecule has 0 fully saturated rings. The van der Waals surface area contributed by atoms with Gasteiger partial charge in [-0.25, -0.2) is 24.6 Å². The molecule has 3 N–H and O–H groups in total. The number of alkyl halides is 2. The van der Waals surface area contributed by atoms with Gasteiger partial charge in [0.25, 0.3) is 6.43 Å². The van der Waals surface area contributed by atoms with E-state index in [0.717, 1.165) is 11.3 Å². The lowest BCUT2D eigenvalue weighted by Crippen LogP contribution is -2.19. The summed E-state index contributed by atoms with van der Waals surface area (Å²) in [5.41, 5.74) is 4.91. The van der Waals surface area contributed by atoms with Crippen molar-refractivity contribution in [3.05, 3.63) is 41.1 Å². The normalized spacial score (nSPS) is 14.1. The van der Waals surface area contributed by atoms with Gasteiger partial charge in [-0.1, -0.05) is 24.3 Å². The molecule has 1 aliphatic heterocycles. The Morgan fingerprint density at radius 1 is 1.19 bits per heavy atom. The van der Waals surface area contributed by atoms with Gasteiger partial charge in [-0.2, -0.15) is 0 Å². The van der Waals surface area contributed by atoms with Crippen LogP contribution in [0.15, 0.2) is 24.3 Å². The lowest BCUT2D eigenvalue weighted by Gasteiger charge is -2.19.